The molecule has 0 saturated carbocycles. The van der Waals surface area contributed by atoms with Crippen LogP contribution in [0.2, 0.25) is 0 Å². The Kier molecular flexibility index (Phi) is 6.14. The lowest BCUT2D eigenvalue weighted by molar-refractivity contribution is 0.540. The van der Waals surface area contributed by atoms with Crippen molar-refractivity contribution in [2.45, 2.75) is 51.7 Å². The van der Waals surface area contributed by atoms with Crippen LogP contribution in [0.3, 0.4) is 0 Å². The summed E-state index contributed by atoms with van der Waals surface area (Å²) in [5, 5.41) is 5.55. The van der Waals surface area contributed by atoms with Gasteiger partial charge in [-0.2, -0.15) is 0 Å². The van der Waals surface area contributed by atoms with Crippen LogP contribution in [0.25, 0.3) is 0 Å². The van der Waals surface area contributed by atoms with Gasteiger partial charge in [-0.05, 0) is 51.7 Å². The molecule has 114 valence electrons. The number of nitrogens with zero attached hydrogens (tertiary/aromatic N) is 2. The Balaban J connectivity index is 2.80. The van der Waals surface area contributed by atoms with Crippen molar-refractivity contribution in [1.82, 2.24) is 4.98 Å². The highest BCUT2D eigenvalue weighted by Crippen LogP contribution is 2.28. The summed E-state index contributed by atoms with van der Waals surface area (Å²) in [6.45, 7) is 12.2. The van der Waals surface area contributed by atoms with Crippen molar-refractivity contribution in [2.75, 3.05) is 18.0 Å². The number of nitrogens with two attached hydrogens (primary N) is 1. The molecule has 2 atom stereocenters. The molecule has 0 amide bonds. The van der Waals surface area contributed by atoms with E-state index in [4.69, 9.17) is 5.14 Å². The van der Waals surface area contributed by atoms with Crippen molar-refractivity contribution in [1.29, 1.82) is 0 Å². The van der Waals surface area contributed by atoms with Gasteiger partial charge in [0.15, 0.2) is 0 Å². The Hall–Kier alpha value is -0.940. The van der Waals surface area contributed by atoms with E-state index in [9.17, 15) is 4.21 Å². The highest BCUT2D eigenvalue weighted by atomic mass is 32.2. The number of pyridine rings is 1. The maximum Gasteiger partial charge on any atom is 0.128 e. The minimum atomic E-state index is -1.31. The van der Waals surface area contributed by atoms with E-state index in [0.717, 1.165) is 25.3 Å². The maximum absolute atomic E-state index is 11.5. The molecule has 0 fully saturated rings. The molecule has 1 aromatic rings. The molecule has 0 aromatic carbocycles. The van der Waals surface area contributed by atoms with Crippen LogP contribution < -0.4 is 10.0 Å². The molecule has 0 spiro atoms. The molecule has 1 unspecified atom stereocenters. The first-order valence-corrected chi connectivity index (χ1v) is 8.40. The van der Waals surface area contributed by atoms with Crippen molar-refractivity contribution < 1.29 is 4.21 Å². The Morgan fingerprint density at radius 2 is 1.95 bits per heavy atom. The third kappa shape index (κ3) is 4.28. The van der Waals surface area contributed by atoms with Crippen LogP contribution in [0.15, 0.2) is 18.3 Å². The lowest BCUT2D eigenvalue weighted by Crippen LogP contribution is -2.33. The maximum atomic E-state index is 11.5. The zero-order valence-corrected chi connectivity index (χ0v) is 14.0. The monoisotopic (exact) mass is 297 g/mol. The van der Waals surface area contributed by atoms with Crippen LogP contribution in [-0.2, 0) is 11.0 Å². The van der Waals surface area contributed by atoms with E-state index < -0.39 is 11.0 Å². The minimum Gasteiger partial charge on any atom is -0.357 e. The van der Waals surface area contributed by atoms with E-state index in [1.54, 1.807) is 0 Å². The van der Waals surface area contributed by atoms with Gasteiger partial charge in [0, 0.05) is 19.3 Å². The van der Waals surface area contributed by atoms with Crippen molar-refractivity contribution in [3.8, 4) is 0 Å². The molecule has 0 radical (unpaired) electrons. The topological polar surface area (TPSA) is 59.2 Å². The first-order valence-electron chi connectivity index (χ1n) is 7.19. The smallest absolute Gasteiger partial charge is 0.128 e. The van der Waals surface area contributed by atoms with E-state index >= 15 is 0 Å². The number of hydrogen-bond acceptors (Lipinski definition) is 3. The lowest BCUT2D eigenvalue weighted by Gasteiger charge is -2.25. The largest absolute Gasteiger partial charge is 0.357 e. The van der Waals surface area contributed by atoms with Gasteiger partial charge in [0.05, 0.1) is 15.7 Å². The van der Waals surface area contributed by atoms with E-state index in [0.29, 0.717) is 0 Å². The molecule has 0 aliphatic rings. The summed E-state index contributed by atoms with van der Waals surface area (Å²) in [5.74, 6) is 1.29. The van der Waals surface area contributed by atoms with Crippen molar-refractivity contribution in [3.05, 3.63) is 23.9 Å². The Bertz CT molecular complexity index is 441. The van der Waals surface area contributed by atoms with Gasteiger partial charge in [0.1, 0.15) is 5.82 Å². The van der Waals surface area contributed by atoms with E-state index in [-0.39, 0.29) is 10.7 Å². The second-order valence-corrected chi connectivity index (χ2v) is 7.48. The van der Waals surface area contributed by atoms with Crippen molar-refractivity contribution in [3.63, 3.8) is 0 Å². The van der Waals surface area contributed by atoms with E-state index in [1.165, 1.54) is 5.56 Å². The van der Waals surface area contributed by atoms with Gasteiger partial charge in [0.2, 0.25) is 0 Å². The van der Waals surface area contributed by atoms with Gasteiger partial charge in [0.25, 0.3) is 0 Å². The van der Waals surface area contributed by atoms with E-state index in [1.807, 2.05) is 20.0 Å². The highest BCUT2D eigenvalue weighted by Gasteiger charge is 2.26. The second kappa shape index (κ2) is 7.18. The summed E-state index contributed by atoms with van der Waals surface area (Å²) in [7, 11) is -1.31. The second-order valence-electron chi connectivity index (χ2n) is 5.78. The van der Waals surface area contributed by atoms with Gasteiger partial charge in [-0.1, -0.05) is 13.0 Å². The molecule has 0 saturated heterocycles. The molecule has 1 aromatic heterocycles. The summed E-state index contributed by atoms with van der Waals surface area (Å²) < 4.78 is 11.1. The van der Waals surface area contributed by atoms with E-state index in [2.05, 4.69) is 42.8 Å². The van der Waals surface area contributed by atoms with Gasteiger partial charge in [-0.3, -0.25) is 5.14 Å². The summed E-state index contributed by atoms with van der Waals surface area (Å²) in [6.07, 6.45) is 2.70. The van der Waals surface area contributed by atoms with Crippen LogP contribution in [0, 0.1) is 0 Å². The number of hydrogen-bond donors (Lipinski definition) is 1. The third-order valence-electron chi connectivity index (χ3n) is 3.77. The van der Waals surface area contributed by atoms with Gasteiger partial charge in [-0.15, -0.1) is 0 Å². The normalized spacial score (nSPS) is 14.9. The molecule has 0 aliphatic heterocycles. The number of rotatable bonds is 7. The minimum absolute atomic E-state index is 0.288. The predicted octanol–water partition coefficient (Wildman–Crippen LogP) is 2.82. The zero-order valence-electron chi connectivity index (χ0n) is 13.2. The van der Waals surface area contributed by atoms with Crippen LogP contribution in [0.1, 0.15) is 52.5 Å². The molecule has 1 heterocycles. The highest BCUT2D eigenvalue weighted by molar-refractivity contribution is 7.84. The predicted molar refractivity (Wildman–Crippen MR) is 87.2 cm³/mol. The molecular formula is C15H27N3OS. The summed E-state index contributed by atoms with van der Waals surface area (Å²) in [5.41, 5.74) is 1.17. The molecule has 1 rings (SSSR count). The SMILES string of the molecule is CCN(CC)c1ccc([C@@H](C)CC(C)(C)S(N)=O)cn1. The van der Waals surface area contributed by atoms with Crippen LogP contribution in [-0.4, -0.2) is 27.0 Å². The molecule has 2 N–H and O–H groups in total. The first-order chi connectivity index (χ1) is 9.31. The quantitative estimate of drug-likeness (QED) is 0.842. The average Bonchev–Trinajstić information content (AvgIpc) is 2.40. The van der Waals surface area contributed by atoms with Gasteiger partial charge in [-0.25, -0.2) is 9.19 Å². The van der Waals surface area contributed by atoms with Gasteiger partial charge >= 0.3 is 0 Å². The third-order valence-corrected chi connectivity index (χ3v) is 5.03. The lowest BCUT2D eigenvalue weighted by atomic mass is 9.92. The van der Waals surface area contributed by atoms with Gasteiger partial charge < -0.3 is 4.90 Å². The summed E-state index contributed by atoms with van der Waals surface area (Å²) in [6, 6.07) is 4.17. The van der Waals surface area contributed by atoms with Crippen molar-refractivity contribution in [2.24, 2.45) is 5.14 Å². The fourth-order valence-corrected chi connectivity index (χ4v) is 2.78. The molecular weight excluding hydrogens is 270 g/mol. The molecule has 20 heavy (non-hydrogen) atoms. The Morgan fingerprint density at radius 1 is 1.35 bits per heavy atom. The van der Waals surface area contributed by atoms with Crippen LogP contribution >= 0.6 is 0 Å². The molecule has 0 bridgehead atoms. The zero-order chi connectivity index (χ0) is 15.3. The van der Waals surface area contributed by atoms with Crippen LogP contribution in [0.4, 0.5) is 5.82 Å². The molecule has 4 nitrogen and oxygen atoms in total. The first kappa shape index (κ1) is 17.1. The summed E-state index contributed by atoms with van der Waals surface area (Å²) in [4.78, 5) is 6.75. The molecule has 5 heteroatoms. The fraction of sp³-hybridized carbons (Fsp3) is 0.667. The number of anilines is 1. The molecule has 0 aliphatic carbocycles. The average molecular weight is 297 g/mol. The fourth-order valence-electron chi connectivity index (χ4n) is 2.36. The Morgan fingerprint density at radius 3 is 2.35 bits per heavy atom. The Labute approximate surface area is 125 Å². The standard InChI is InChI=1S/C15H27N3OS/c1-6-18(7-2)14-9-8-13(11-17-14)12(3)10-15(4,5)20(16)19/h8-9,11-12H,6-7,10,16H2,1-5H3/t12-,20?/m0/s1. The number of aromatic nitrogens is 1. The van der Waals surface area contributed by atoms with Crippen molar-refractivity contribution >= 4 is 16.8 Å². The summed E-state index contributed by atoms with van der Waals surface area (Å²) >= 11 is 0. The van der Waals surface area contributed by atoms with Crippen LogP contribution in [0.5, 0.6) is 0 Å².